The van der Waals surface area contributed by atoms with Crippen LogP contribution in [0.1, 0.15) is 18.4 Å². The van der Waals surface area contributed by atoms with Crippen molar-refractivity contribution in [3.8, 4) is 0 Å². The average Bonchev–Trinajstić information content (AvgIpc) is 3.19. The lowest BCUT2D eigenvalue weighted by Gasteiger charge is -2.16. The molecule has 144 valence electrons. The van der Waals surface area contributed by atoms with Crippen LogP contribution in [0, 0.1) is 12.7 Å². The summed E-state index contributed by atoms with van der Waals surface area (Å²) in [5.41, 5.74) is 1.40. The molecule has 2 N–H and O–H groups in total. The van der Waals surface area contributed by atoms with Crippen molar-refractivity contribution < 1.29 is 17.6 Å². The number of nitrogens with zero attached hydrogens (tertiary/aromatic N) is 1. The Morgan fingerprint density at radius 3 is 2.56 bits per heavy atom. The van der Waals surface area contributed by atoms with E-state index in [1.54, 1.807) is 37.3 Å². The number of sulfonamides is 1. The third-order valence-corrected chi connectivity index (χ3v) is 6.34. The highest BCUT2D eigenvalue weighted by molar-refractivity contribution is 7.89. The number of amides is 1. The average molecular weight is 391 g/mol. The lowest BCUT2D eigenvalue weighted by Crippen LogP contribution is -2.28. The van der Waals surface area contributed by atoms with E-state index < -0.39 is 10.0 Å². The van der Waals surface area contributed by atoms with Gasteiger partial charge in [-0.2, -0.15) is 4.31 Å². The Balaban J connectivity index is 1.62. The van der Waals surface area contributed by atoms with E-state index >= 15 is 0 Å². The Morgan fingerprint density at radius 2 is 1.85 bits per heavy atom. The van der Waals surface area contributed by atoms with E-state index in [0.29, 0.717) is 30.0 Å². The summed E-state index contributed by atoms with van der Waals surface area (Å²) in [6, 6.07) is 10.9. The van der Waals surface area contributed by atoms with Crippen LogP contribution in [0.15, 0.2) is 47.4 Å². The predicted octanol–water partition coefficient (Wildman–Crippen LogP) is 2.97. The van der Waals surface area contributed by atoms with E-state index in [1.807, 2.05) is 0 Å². The minimum absolute atomic E-state index is 0.0668. The van der Waals surface area contributed by atoms with Gasteiger partial charge in [0.05, 0.1) is 11.4 Å². The molecule has 1 fully saturated rings. The highest BCUT2D eigenvalue weighted by Gasteiger charge is 2.27. The van der Waals surface area contributed by atoms with Gasteiger partial charge < -0.3 is 10.6 Å². The number of benzene rings is 2. The van der Waals surface area contributed by atoms with Crippen LogP contribution in [0.2, 0.25) is 0 Å². The van der Waals surface area contributed by atoms with Gasteiger partial charge >= 0.3 is 0 Å². The molecule has 2 aromatic rings. The summed E-state index contributed by atoms with van der Waals surface area (Å²) < 4.78 is 40.2. The van der Waals surface area contributed by atoms with Gasteiger partial charge in [-0.05, 0) is 55.7 Å². The van der Waals surface area contributed by atoms with E-state index in [-0.39, 0.29) is 23.2 Å². The monoisotopic (exact) mass is 391 g/mol. The van der Waals surface area contributed by atoms with Gasteiger partial charge in [0.25, 0.3) is 0 Å². The molecule has 6 nitrogen and oxygen atoms in total. The molecule has 0 bridgehead atoms. The van der Waals surface area contributed by atoms with E-state index in [9.17, 15) is 17.6 Å². The lowest BCUT2D eigenvalue weighted by molar-refractivity contribution is -0.114. The highest BCUT2D eigenvalue weighted by atomic mass is 32.2. The number of hydrogen-bond donors (Lipinski definition) is 2. The number of carbonyl (C=O) groups excluding carboxylic acids is 1. The zero-order valence-corrected chi connectivity index (χ0v) is 15.9. The van der Waals surface area contributed by atoms with Crippen molar-refractivity contribution in [3.05, 3.63) is 53.8 Å². The first-order valence-corrected chi connectivity index (χ1v) is 10.2. The van der Waals surface area contributed by atoms with E-state index in [1.165, 1.54) is 16.4 Å². The number of halogens is 1. The normalized spacial score (nSPS) is 14.9. The quantitative estimate of drug-likeness (QED) is 0.794. The third kappa shape index (κ3) is 4.64. The zero-order chi connectivity index (χ0) is 19.4. The van der Waals surface area contributed by atoms with Crippen LogP contribution in [0.4, 0.5) is 15.8 Å². The molecule has 1 saturated heterocycles. The summed E-state index contributed by atoms with van der Waals surface area (Å²) in [5, 5.41) is 5.51. The summed E-state index contributed by atoms with van der Waals surface area (Å²) in [6.45, 7) is 2.65. The first-order chi connectivity index (χ1) is 12.9. The van der Waals surface area contributed by atoms with Crippen molar-refractivity contribution in [2.45, 2.75) is 24.7 Å². The fourth-order valence-corrected chi connectivity index (χ4v) is 4.47. The maximum Gasteiger partial charge on any atom is 0.243 e. The van der Waals surface area contributed by atoms with Crippen molar-refractivity contribution >= 4 is 27.3 Å². The molecular formula is C19H22FN3O3S. The van der Waals surface area contributed by atoms with Crippen LogP contribution < -0.4 is 10.6 Å². The Morgan fingerprint density at radius 1 is 1.11 bits per heavy atom. The predicted molar refractivity (Wildman–Crippen MR) is 103 cm³/mol. The van der Waals surface area contributed by atoms with E-state index in [4.69, 9.17) is 0 Å². The van der Waals surface area contributed by atoms with Crippen LogP contribution in [0.25, 0.3) is 0 Å². The highest BCUT2D eigenvalue weighted by Crippen LogP contribution is 2.23. The lowest BCUT2D eigenvalue weighted by atomic mass is 10.2. The number of hydrogen-bond acceptors (Lipinski definition) is 4. The Kier molecular flexibility index (Phi) is 5.76. The third-order valence-electron chi connectivity index (χ3n) is 4.45. The second kappa shape index (κ2) is 8.06. The SMILES string of the molecule is Cc1ccc(NC(=O)CNc2cccc(S(=O)(=O)N3CCCC3)c2)cc1F. The summed E-state index contributed by atoms with van der Waals surface area (Å²) in [4.78, 5) is 12.3. The van der Waals surface area contributed by atoms with Crippen LogP contribution in [-0.4, -0.2) is 38.3 Å². The van der Waals surface area contributed by atoms with Gasteiger partial charge in [0.1, 0.15) is 5.82 Å². The topological polar surface area (TPSA) is 78.5 Å². The Labute approximate surface area is 158 Å². The number of aryl methyl sites for hydroxylation is 1. The van der Waals surface area contributed by atoms with Gasteiger partial charge in [-0.1, -0.05) is 12.1 Å². The van der Waals surface area contributed by atoms with Crippen LogP contribution in [-0.2, 0) is 14.8 Å². The van der Waals surface area contributed by atoms with Crippen molar-refractivity contribution in [3.63, 3.8) is 0 Å². The van der Waals surface area contributed by atoms with Gasteiger partial charge in [0.15, 0.2) is 0 Å². The summed E-state index contributed by atoms with van der Waals surface area (Å²) in [5.74, 6) is -0.744. The Bertz CT molecular complexity index is 941. The number of rotatable bonds is 6. The molecule has 1 aliphatic heterocycles. The standard InChI is InChI=1S/C19H22FN3O3S/c1-14-7-8-16(12-18(14)20)22-19(24)13-21-15-5-4-6-17(11-15)27(25,26)23-9-2-3-10-23/h4-8,11-12,21H,2-3,9-10,13H2,1H3,(H,22,24). The van der Waals surface area contributed by atoms with Crippen molar-refractivity contribution in [1.29, 1.82) is 0 Å². The molecule has 3 rings (SSSR count). The molecule has 27 heavy (non-hydrogen) atoms. The van der Waals surface area contributed by atoms with Gasteiger partial charge in [-0.25, -0.2) is 12.8 Å². The molecule has 2 aromatic carbocycles. The van der Waals surface area contributed by atoms with E-state index in [0.717, 1.165) is 12.8 Å². The molecular weight excluding hydrogens is 369 g/mol. The second-order valence-electron chi connectivity index (χ2n) is 6.50. The summed E-state index contributed by atoms with van der Waals surface area (Å²) >= 11 is 0. The largest absolute Gasteiger partial charge is 0.376 e. The molecule has 0 spiro atoms. The fraction of sp³-hybridized carbons (Fsp3) is 0.316. The molecule has 0 aromatic heterocycles. The first kappa shape index (κ1) is 19.3. The summed E-state index contributed by atoms with van der Waals surface area (Å²) in [7, 11) is -3.51. The smallest absolute Gasteiger partial charge is 0.243 e. The molecule has 1 aliphatic rings. The van der Waals surface area contributed by atoms with Crippen molar-refractivity contribution in [1.82, 2.24) is 4.31 Å². The number of nitrogens with one attached hydrogen (secondary N) is 2. The minimum atomic E-state index is -3.51. The number of anilines is 2. The van der Waals surface area contributed by atoms with Crippen molar-refractivity contribution in [2.24, 2.45) is 0 Å². The van der Waals surface area contributed by atoms with Gasteiger partial charge in [-0.15, -0.1) is 0 Å². The Hall–Kier alpha value is -2.45. The molecule has 0 aliphatic carbocycles. The van der Waals surface area contributed by atoms with Gasteiger partial charge in [-0.3, -0.25) is 4.79 Å². The van der Waals surface area contributed by atoms with Gasteiger partial charge in [0, 0.05) is 24.5 Å². The van der Waals surface area contributed by atoms with Crippen LogP contribution in [0.3, 0.4) is 0 Å². The van der Waals surface area contributed by atoms with Crippen LogP contribution in [0.5, 0.6) is 0 Å². The first-order valence-electron chi connectivity index (χ1n) is 8.76. The maximum atomic E-state index is 13.5. The molecule has 1 amide bonds. The van der Waals surface area contributed by atoms with Crippen molar-refractivity contribution in [2.75, 3.05) is 30.3 Å². The minimum Gasteiger partial charge on any atom is -0.376 e. The van der Waals surface area contributed by atoms with E-state index in [2.05, 4.69) is 10.6 Å². The molecule has 0 radical (unpaired) electrons. The molecule has 0 unspecified atom stereocenters. The molecule has 8 heteroatoms. The van der Waals surface area contributed by atoms with Gasteiger partial charge in [0.2, 0.25) is 15.9 Å². The molecule has 0 saturated carbocycles. The maximum absolute atomic E-state index is 13.5. The number of carbonyl (C=O) groups is 1. The zero-order valence-electron chi connectivity index (χ0n) is 15.0. The second-order valence-corrected chi connectivity index (χ2v) is 8.44. The molecule has 0 atom stereocenters. The summed E-state index contributed by atoms with van der Waals surface area (Å²) in [6.07, 6.45) is 1.74. The van der Waals surface area contributed by atoms with Crippen LogP contribution >= 0.6 is 0 Å². The fourth-order valence-electron chi connectivity index (χ4n) is 2.90. The molecule has 1 heterocycles.